The van der Waals surface area contributed by atoms with Gasteiger partial charge < -0.3 is 9.47 Å². The molecule has 2 rings (SSSR count). The molecule has 28 heavy (non-hydrogen) atoms. The lowest BCUT2D eigenvalue weighted by atomic mass is 9.99. The van der Waals surface area contributed by atoms with Crippen LogP contribution in [-0.2, 0) is 4.74 Å². The fraction of sp³-hybridized carbons (Fsp3) is 0.333. The van der Waals surface area contributed by atoms with Crippen molar-refractivity contribution < 1.29 is 32.2 Å². The Morgan fingerprint density at radius 1 is 0.929 bits per heavy atom. The summed E-state index contributed by atoms with van der Waals surface area (Å²) < 4.78 is 47.2. The molecule has 0 saturated carbocycles. The monoisotopic (exact) mass is 394 g/mol. The van der Waals surface area contributed by atoms with Gasteiger partial charge in [0.1, 0.15) is 11.4 Å². The molecule has 0 radical (unpaired) electrons. The first-order valence-corrected chi connectivity index (χ1v) is 8.54. The van der Waals surface area contributed by atoms with E-state index < -0.39 is 30.1 Å². The molecule has 0 atom stereocenters. The molecule has 2 aromatic carbocycles. The molecule has 0 spiro atoms. The van der Waals surface area contributed by atoms with Gasteiger partial charge in [0.2, 0.25) is 0 Å². The van der Waals surface area contributed by atoms with Crippen molar-refractivity contribution in [3.05, 3.63) is 53.6 Å². The molecule has 0 unspecified atom stereocenters. The number of hydrogen-bond donors (Lipinski definition) is 0. The molecular weight excluding hydrogens is 373 g/mol. The Morgan fingerprint density at radius 3 is 2.00 bits per heavy atom. The van der Waals surface area contributed by atoms with Crippen molar-refractivity contribution in [2.45, 2.75) is 39.5 Å². The summed E-state index contributed by atoms with van der Waals surface area (Å²) >= 11 is 0. The second kappa shape index (κ2) is 8.04. The lowest BCUT2D eigenvalue weighted by Gasteiger charge is -2.19. The maximum absolute atomic E-state index is 12.4. The second-order valence-electron chi connectivity index (χ2n) is 7.25. The average Bonchev–Trinajstić information content (AvgIpc) is 2.57. The van der Waals surface area contributed by atoms with Crippen LogP contribution in [0.4, 0.5) is 13.2 Å². The number of hydrogen-bond acceptors (Lipinski definition) is 4. The molecule has 0 aliphatic heterocycles. The molecule has 0 bridgehead atoms. The summed E-state index contributed by atoms with van der Waals surface area (Å²) in [6.45, 7) is 5.09. The maximum atomic E-state index is 12.4. The van der Waals surface area contributed by atoms with Crippen LogP contribution in [-0.4, -0.2) is 30.1 Å². The van der Waals surface area contributed by atoms with Crippen molar-refractivity contribution in [2.24, 2.45) is 0 Å². The zero-order valence-electron chi connectivity index (χ0n) is 16.0. The summed E-state index contributed by atoms with van der Waals surface area (Å²) in [5, 5.41) is 0. The van der Waals surface area contributed by atoms with Crippen molar-refractivity contribution in [1.29, 1.82) is 0 Å². The predicted octanol–water partition coefficient (Wildman–Crippen LogP) is 5.45. The molecule has 0 aliphatic carbocycles. The van der Waals surface area contributed by atoms with Gasteiger partial charge in [-0.15, -0.1) is 0 Å². The fourth-order valence-electron chi connectivity index (χ4n) is 2.41. The number of ether oxygens (including phenoxy) is 2. The first kappa shape index (κ1) is 21.5. The Morgan fingerprint density at radius 2 is 1.50 bits per heavy atom. The van der Waals surface area contributed by atoms with E-state index in [1.807, 2.05) is 0 Å². The SMILES string of the molecule is CC(=O)c1cc(-c2ccc(C(=O)OC(C)(C)C)cc2)ccc1OCC(F)(F)F. The molecule has 0 heterocycles. The van der Waals surface area contributed by atoms with Gasteiger partial charge in [-0.25, -0.2) is 4.79 Å². The number of benzene rings is 2. The van der Waals surface area contributed by atoms with Gasteiger partial charge in [0, 0.05) is 0 Å². The molecule has 4 nitrogen and oxygen atoms in total. The summed E-state index contributed by atoms with van der Waals surface area (Å²) in [6.07, 6.45) is -4.50. The van der Waals surface area contributed by atoms with Crippen molar-refractivity contribution >= 4 is 11.8 Å². The minimum absolute atomic E-state index is 0.0537. The van der Waals surface area contributed by atoms with E-state index in [0.717, 1.165) is 0 Å². The molecule has 0 aliphatic rings. The highest BCUT2D eigenvalue weighted by Crippen LogP contribution is 2.29. The summed E-state index contributed by atoms with van der Waals surface area (Å²) in [7, 11) is 0. The zero-order valence-corrected chi connectivity index (χ0v) is 16.0. The van der Waals surface area contributed by atoms with Gasteiger partial charge in [0.25, 0.3) is 0 Å². The van der Waals surface area contributed by atoms with Crippen LogP contribution in [0.3, 0.4) is 0 Å². The Bertz CT molecular complexity index is 863. The van der Waals surface area contributed by atoms with Crippen LogP contribution in [0.2, 0.25) is 0 Å². The Hall–Kier alpha value is -2.83. The second-order valence-corrected chi connectivity index (χ2v) is 7.25. The van der Waals surface area contributed by atoms with E-state index >= 15 is 0 Å². The van der Waals surface area contributed by atoms with Crippen LogP contribution >= 0.6 is 0 Å². The zero-order chi connectivity index (χ0) is 21.1. The Kier molecular flexibility index (Phi) is 6.17. The minimum Gasteiger partial charge on any atom is -0.483 e. The number of alkyl halides is 3. The van der Waals surface area contributed by atoms with E-state index in [-0.39, 0.29) is 11.3 Å². The van der Waals surface area contributed by atoms with Crippen LogP contribution in [0, 0.1) is 0 Å². The molecule has 0 amide bonds. The van der Waals surface area contributed by atoms with Gasteiger partial charge in [-0.3, -0.25) is 4.79 Å². The van der Waals surface area contributed by atoms with Crippen LogP contribution in [0.15, 0.2) is 42.5 Å². The van der Waals surface area contributed by atoms with Crippen LogP contribution in [0.25, 0.3) is 11.1 Å². The molecule has 7 heteroatoms. The van der Waals surface area contributed by atoms with Crippen molar-refractivity contribution in [2.75, 3.05) is 6.61 Å². The lowest BCUT2D eigenvalue weighted by molar-refractivity contribution is -0.153. The largest absolute Gasteiger partial charge is 0.483 e. The quantitative estimate of drug-likeness (QED) is 0.500. The minimum atomic E-state index is -4.50. The summed E-state index contributed by atoms with van der Waals surface area (Å²) in [4.78, 5) is 23.9. The molecule has 0 saturated heterocycles. The highest BCUT2D eigenvalue weighted by Gasteiger charge is 2.29. The van der Waals surface area contributed by atoms with E-state index in [9.17, 15) is 22.8 Å². The van der Waals surface area contributed by atoms with E-state index in [1.54, 1.807) is 51.1 Å². The van der Waals surface area contributed by atoms with Gasteiger partial charge in [0.05, 0.1) is 11.1 Å². The van der Waals surface area contributed by atoms with Crippen LogP contribution in [0.5, 0.6) is 5.75 Å². The fourth-order valence-corrected chi connectivity index (χ4v) is 2.41. The molecule has 150 valence electrons. The Labute approximate surface area is 161 Å². The maximum Gasteiger partial charge on any atom is 0.422 e. The lowest BCUT2D eigenvalue weighted by Crippen LogP contribution is -2.23. The standard InChI is InChI=1S/C21H21F3O4/c1-13(25)17-11-16(9-10-18(17)27-12-21(22,23)24)14-5-7-15(8-6-14)19(26)28-20(2,3)4/h5-11H,12H2,1-4H3. The topological polar surface area (TPSA) is 52.6 Å². The smallest absolute Gasteiger partial charge is 0.422 e. The molecule has 0 N–H and O–H groups in total. The summed E-state index contributed by atoms with van der Waals surface area (Å²) in [5.74, 6) is -0.997. The normalized spacial score (nSPS) is 11.8. The Balaban J connectivity index is 2.26. The first-order valence-electron chi connectivity index (χ1n) is 8.54. The summed E-state index contributed by atoms with van der Waals surface area (Å²) in [6, 6.07) is 10.9. The average molecular weight is 394 g/mol. The highest BCUT2D eigenvalue weighted by atomic mass is 19.4. The number of carbonyl (C=O) groups excluding carboxylic acids is 2. The number of ketones is 1. The number of halogens is 3. The third-order valence-corrected chi connectivity index (χ3v) is 3.60. The number of rotatable bonds is 5. The first-order chi connectivity index (χ1) is 12.9. The van der Waals surface area contributed by atoms with Crippen LogP contribution < -0.4 is 4.74 Å². The van der Waals surface area contributed by atoms with Gasteiger partial charge in [0.15, 0.2) is 12.4 Å². The van der Waals surface area contributed by atoms with Crippen LogP contribution in [0.1, 0.15) is 48.4 Å². The van der Waals surface area contributed by atoms with Gasteiger partial charge >= 0.3 is 12.1 Å². The van der Waals surface area contributed by atoms with Crippen molar-refractivity contribution in [3.8, 4) is 16.9 Å². The van der Waals surface area contributed by atoms with Gasteiger partial charge in [-0.1, -0.05) is 18.2 Å². The van der Waals surface area contributed by atoms with Gasteiger partial charge in [-0.2, -0.15) is 13.2 Å². The van der Waals surface area contributed by atoms with E-state index in [4.69, 9.17) is 9.47 Å². The third-order valence-electron chi connectivity index (χ3n) is 3.60. The van der Waals surface area contributed by atoms with E-state index in [1.165, 1.54) is 19.1 Å². The molecule has 2 aromatic rings. The molecular formula is C21H21F3O4. The van der Waals surface area contributed by atoms with E-state index in [2.05, 4.69) is 0 Å². The van der Waals surface area contributed by atoms with Crippen molar-refractivity contribution in [3.63, 3.8) is 0 Å². The van der Waals surface area contributed by atoms with E-state index in [0.29, 0.717) is 16.7 Å². The van der Waals surface area contributed by atoms with Crippen molar-refractivity contribution in [1.82, 2.24) is 0 Å². The highest BCUT2D eigenvalue weighted by molar-refractivity contribution is 5.98. The van der Waals surface area contributed by atoms with Gasteiger partial charge in [-0.05, 0) is 63.1 Å². The predicted molar refractivity (Wildman–Crippen MR) is 98.6 cm³/mol. The number of carbonyl (C=O) groups is 2. The number of Topliss-reactive ketones (excluding diaryl/α,β-unsaturated/α-hetero) is 1. The summed E-state index contributed by atoms with van der Waals surface area (Å²) in [5.41, 5.74) is 1.12. The molecule has 0 aromatic heterocycles. The molecule has 0 fully saturated rings. The third kappa shape index (κ3) is 6.11. The number of esters is 1.